The number of nitrogens with zero attached hydrogens (tertiary/aromatic N) is 1. The Morgan fingerprint density at radius 3 is 2.76 bits per heavy atom. The molecule has 0 spiro atoms. The topological polar surface area (TPSA) is 38.9 Å². The fourth-order valence-electron chi connectivity index (χ4n) is 2.50. The van der Waals surface area contributed by atoms with Crippen LogP contribution in [0.2, 0.25) is 0 Å². The predicted octanol–water partition coefficient (Wildman–Crippen LogP) is 3.76. The molecule has 0 saturated heterocycles. The molecule has 3 rings (SSSR count). The number of hydrogen-bond donors (Lipinski definition) is 1. The largest absolute Gasteiger partial charge is 0.324 e. The highest BCUT2D eigenvalue weighted by Crippen LogP contribution is 2.25. The van der Waals surface area contributed by atoms with Gasteiger partial charge in [0.25, 0.3) is 0 Å². The average Bonchev–Trinajstić information content (AvgIpc) is 2.50. The first-order valence-electron chi connectivity index (χ1n) is 6.68. The second-order valence-electron chi connectivity index (χ2n) is 4.96. The minimum absolute atomic E-state index is 0.234. The number of halogens is 2. The molecule has 4 heteroatoms. The molecule has 0 amide bonds. The maximum atomic E-state index is 13.7. The zero-order valence-electron chi connectivity index (χ0n) is 11.3. The second-order valence-corrected chi connectivity index (χ2v) is 4.96. The monoisotopic (exact) mass is 284 g/mol. The van der Waals surface area contributed by atoms with Gasteiger partial charge in [0.2, 0.25) is 0 Å². The highest BCUT2D eigenvalue weighted by molar-refractivity contribution is 5.82. The highest BCUT2D eigenvalue weighted by atomic mass is 19.1. The molecule has 0 radical (unpaired) electrons. The van der Waals surface area contributed by atoms with E-state index < -0.39 is 17.7 Å². The van der Waals surface area contributed by atoms with Crippen molar-refractivity contribution in [2.24, 2.45) is 5.73 Å². The lowest BCUT2D eigenvalue weighted by Gasteiger charge is -2.15. The molecule has 2 N–H and O–H groups in total. The van der Waals surface area contributed by atoms with E-state index in [-0.39, 0.29) is 12.0 Å². The van der Waals surface area contributed by atoms with Gasteiger partial charge >= 0.3 is 0 Å². The summed E-state index contributed by atoms with van der Waals surface area (Å²) in [5.41, 5.74) is 8.19. The van der Waals surface area contributed by atoms with E-state index in [4.69, 9.17) is 5.73 Å². The number of nitrogens with two attached hydrogens (primary N) is 1. The van der Waals surface area contributed by atoms with Crippen molar-refractivity contribution in [2.45, 2.75) is 12.5 Å². The van der Waals surface area contributed by atoms with Gasteiger partial charge in [0.05, 0.1) is 5.52 Å². The van der Waals surface area contributed by atoms with Crippen LogP contribution in [0.1, 0.15) is 17.2 Å². The van der Waals surface area contributed by atoms with Gasteiger partial charge in [-0.2, -0.15) is 0 Å². The molecular weight excluding hydrogens is 270 g/mol. The van der Waals surface area contributed by atoms with E-state index in [0.29, 0.717) is 0 Å². The van der Waals surface area contributed by atoms with E-state index in [1.54, 1.807) is 6.20 Å². The Bertz CT molecular complexity index is 781. The number of hydrogen-bond acceptors (Lipinski definition) is 2. The van der Waals surface area contributed by atoms with E-state index in [1.165, 1.54) is 6.07 Å². The summed E-state index contributed by atoms with van der Waals surface area (Å²) < 4.78 is 27.0. The standard InChI is InChI=1S/C17H14F2N2/c18-12-6-7-15(19)11(9-12)10-16(20)13-3-1-5-17-14(13)4-2-8-21-17/h1-9,16H,10,20H2. The van der Waals surface area contributed by atoms with Gasteiger partial charge in [0.1, 0.15) is 11.6 Å². The molecule has 21 heavy (non-hydrogen) atoms. The SMILES string of the molecule is NC(Cc1cc(F)ccc1F)c1cccc2ncccc12. The van der Waals surface area contributed by atoms with Crippen LogP contribution < -0.4 is 5.73 Å². The first kappa shape index (κ1) is 13.6. The molecule has 1 unspecified atom stereocenters. The fourth-order valence-corrected chi connectivity index (χ4v) is 2.50. The van der Waals surface area contributed by atoms with Crippen LogP contribution in [0.4, 0.5) is 8.78 Å². The lowest BCUT2D eigenvalue weighted by Crippen LogP contribution is -2.15. The first-order valence-corrected chi connectivity index (χ1v) is 6.68. The molecule has 1 aromatic heterocycles. The first-order chi connectivity index (χ1) is 10.1. The number of aromatic nitrogens is 1. The van der Waals surface area contributed by atoms with Crippen molar-refractivity contribution in [2.75, 3.05) is 0 Å². The van der Waals surface area contributed by atoms with Crippen molar-refractivity contribution in [1.82, 2.24) is 4.98 Å². The molecule has 0 fully saturated rings. The third-order valence-electron chi connectivity index (χ3n) is 3.53. The maximum Gasteiger partial charge on any atom is 0.126 e. The fraction of sp³-hybridized carbons (Fsp3) is 0.118. The number of pyridine rings is 1. The van der Waals surface area contributed by atoms with Crippen molar-refractivity contribution in [3.05, 3.63) is 77.5 Å². The Morgan fingerprint density at radius 2 is 1.90 bits per heavy atom. The van der Waals surface area contributed by atoms with Crippen molar-refractivity contribution >= 4 is 10.9 Å². The van der Waals surface area contributed by atoms with Crippen LogP contribution in [0.15, 0.2) is 54.7 Å². The van der Waals surface area contributed by atoms with Crippen LogP contribution in [0, 0.1) is 11.6 Å². The molecule has 1 atom stereocenters. The average molecular weight is 284 g/mol. The summed E-state index contributed by atoms with van der Waals surface area (Å²) >= 11 is 0. The number of fused-ring (bicyclic) bond motifs is 1. The zero-order valence-corrected chi connectivity index (χ0v) is 11.3. The lowest BCUT2D eigenvalue weighted by molar-refractivity contribution is 0.573. The third kappa shape index (κ3) is 2.76. The third-order valence-corrected chi connectivity index (χ3v) is 3.53. The minimum atomic E-state index is -0.460. The molecule has 2 nitrogen and oxygen atoms in total. The molecule has 3 aromatic rings. The Kier molecular flexibility index (Phi) is 3.62. The minimum Gasteiger partial charge on any atom is -0.324 e. The van der Waals surface area contributed by atoms with Gasteiger partial charge in [0.15, 0.2) is 0 Å². The summed E-state index contributed by atoms with van der Waals surface area (Å²) in [6.45, 7) is 0. The van der Waals surface area contributed by atoms with Crippen LogP contribution >= 0.6 is 0 Å². The zero-order chi connectivity index (χ0) is 14.8. The Labute approximate surface area is 121 Å². The smallest absolute Gasteiger partial charge is 0.126 e. The predicted molar refractivity (Wildman–Crippen MR) is 78.7 cm³/mol. The summed E-state index contributed by atoms with van der Waals surface area (Å²) in [5, 5.41) is 0.935. The molecule has 0 bridgehead atoms. The molecule has 0 aliphatic carbocycles. The summed E-state index contributed by atoms with van der Waals surface area (Å²) in [4.78, 5) is 4.27. The van der Waals surface area contributed by atoms with Gasteiger partial charge < -0.3 is 5.73 Å². The van der Waals surface area contributed by atoms with Gasteiger partial charge in [0, 0.05) is 17.6 Å². The molecule has 106 valence electrons. The van der Waals surface area contributed by atoms with E-state index >= 15 is 0 Å². The second kappa shape index (κ2) is 5.58. The highest BCUT2D eigenvalue weighted by Gasteiger charge is 2.14. The van der Waals surface area contributed by atoms with E-state index in [2.05, 4.69) is 4.98 Å². The molecular formula is C17H14F2N2. The lowest BCUT2D eigenvalue weighted by atomic mass is 9.96. The molecule has 0 saturated carbocycles. The van der Waals surface area contributed by atoms with Crippen LogP contribution in [-0.4, -0.2) is 4.98 Å². The van der Waals surface area contributed by atoms with Gasteiger partial charge in [-0.05, 0) is 47.9 Å². The quantitative estimate of drug-likeness (QED) is 0.795. The van der Waals surface area contributed by atoms with Gasteiger partial charge in [-0.15, -0.1) is 0 Å². The van der Waals surface area contributed by atoms with Crippen molar-refractivity contribution in [1.29, 1.82) is 0 Å². The van der Waals surface area contributed by atoms with E-state index in [1.807, 2.05) is 30.3 Å². The van der Waals surface area contributed by atoms with Crippen molar-refractivity contribution in [3.8, 4) is 0 Å². The van der Waals surface area contributed by atoms with Crippen molar-refractivity contribution in [3.63, 3.8) is 0 Å². The Hall–Kier alpha value is -2.33. The molecule has 0 aliphatic heterocycles. The Morgan fingerprint density at radius 1 is 1.05 bits per heavy atom. The normalized spacial score (nSPS) is 12.5. The van der Waals surface area contributed by atoms with E-state index in [0.717, 1.165) is 28.6 Å². The summed E-state index contributed by atoms with van der Waals surface area (Å²) in [5.74, 6) is -0.900. The molecule has 2 aromatic carbocycles. The van der Waals surface area contributed by atoms with Gasteiger partial charge in [-0.1, -0.05) is 18.2 Å². The van der Waals surface area contributed by atoms with E-state index in [9.17, 15) is 8.78 Å². The van der Waals surface area contributed by atoms with Crippen LogP contribution in [0.5, 0.6) is 0 Å². The van der Waals surface area contributed by atoms with Crippen molar-refractivity contribution < 1.29 is 8.78 Å². The van der Waals surface area contributed by atoms with Crippen LogP contribution in [0.3, 0.4) is 0 Å². The number of rotatable bonds is 3. The number of benzene rings is 2. The summed E-state index contributed by atoms with van der Waals surface area (Å²) in [7, 11) is 0. The maximum absolute atomic E-state index is 13.7. The van der Waals surface area contributed by atoms with Gasteiger partial charge in [-0.3, -0.25) is 4.98 Å². The Balaban J connectivity index is 1.97. The molecule has 1 heterocycles. The summed E-state index contributed by atoms with van der Waals surface area (Å²) in [6.07, 6.45) is 1.95. The summed E-state index contributed by atoms with van der Waals surface area (Å²) in [6, 6.07) is 12.4. The van der Waals surface area contributed by atoms with Gasteiger partial charge in [-0.25, -0.2) is 8.78 Å². The van der Waals surface area contributed by atoms with Crippen LogP contribution in [-0.2, 0) is 6.42 Å². The van der Waals surface area contributed by atoms with Crippen LogP contribution in [0.25, 0.3) is 10.9 Å². The molecule has 0 aliphatic rings.